The molecule has 0 aliphatic carbocycles. The molecule has 4 heteroatoms. The average molecular weight is 258 g/mol. The van der Waals surface area contributed by atoms with E-state index in [9.17, 15) is 0 Å². The van der Waals surface area contributed by atoms with Gasteiger partial charge >= 0.3 is 0 Å². The first-order valence-electron chi connectivity index (χ1n) is 5.65. The predicted molar refractivity (Wildman–Crippen MR) is 75.7 cm³/mol. The van der Waals surface area contributed by atoms with Gasteiger partial charge in [-0.1, -0.05) is 23.7 Å². The van der Waals surface area contributed by atoms with Gasteiger partial charge in [-0.3, -0.25) is 0 Å². The number of nitrogens with one attached hydrogen (secondary N) is 1. The molecule has 0 aliphatic rings. The fraction of sp³-hybridized carbons (Fsp3) is 0.0714. The van der Waals surface area contributed by atoms with Crippen molar-refractivity contribution in [2.75, 3.05) is 5.73 Å². The highest BCUT2D eigenvalue weighted by atomic mass is 35.5. The lowest BCUT2D eigenvalue weighted by Gasteiger charge is -1.97. The second-order valence-electron chi connectivity index (χ2n) is 4.35. The SMILES string of the molecule is Cc1cc(Cl)c2nc(-c3cccc(N)c3)[nH]c2c1. The van der Waals surface area contributed by atoms with Crippen molar-refractivity contribution >= 4 is 28.3 Å². The smallest absolute Gasteiger partial charge is 0.138 e. The van der Waals surface area contributed by atoms with Crippen molar-refractivity contribution in [1.29, 1.82) is 0 Å². The third-order valence-corrected chi connectivity index (χ3v) is 3.13. The molecule has 0 amide bonds. The molecule has 2 aromatic carbocycles. The van der Waals surface area contributed by atoms with Gasteiger partial charge in [0.25, 0.3) is 0 Å². The van der Waals surface area contributed by atoms with E-state index in [4.69, 9.17) is 17.3 Å². The van der Waals surface area contributed by atoms with Gasteiger partial charge in [-0.15, -0.1) is 0 Å². The standard InChI is InChI=1S/C14H12ClN3/c1-8-5-11(15)13-12(6-8)17-14(18-13)9-3-2-4-10(16)7-9/h2-7H,16H2,1H3,(H,17,18). The molecule has 0 aliphatic heterocycles. The van der Waals surface area contributed by atoms with Gasteiger partial charge in [0.15, 0.2) is 0 Å². The number of aromatic nitrogens is 2. The Morgan fingerprint density at radius 1 is 1.22 bits per heavy atom. The minimum absolute atomic E-state index is 0.663. The second-order valence-corrected chi connectivity index (χ2v) is 4.76. The monoisotopic (exact) mass is 257 g/mol. The van der Waals surface area contributed by atoms with Crippen LogP contribution < -0.4 is 5.73 Å². The van der Waals surface area contributed by atoms with Gasteiger partial charge in [-0.25, -0.2) is 4.98 Å². The van der Waals surface area contributed by atoms with E-state index in [1.165, 1.54) is 0 Å². The van der Waals surface area contributed by atoms with Gasteiger partial charge in [0.2, 0.25) is 0 Å². The quantitative estimate of drug-likeness (QED) is 0.652. The van der Waals surface area contributed by atoms with Crippen LogP contribution >= 0.6 is 11.6 Å². The van der Waals surface area contributed by atoms with Crippen molar-refractivity contribution in [2.24, 2.45) is 0 Å². The summed E-state index contributed by atoms with van der Waals surface area (Å²) in [6, 6.07) is 11.6. The molecule has 90 valence electrons. The molecule has 1 heterocycles. The van der Waals surface area contributed by atoms with Crippen LogP contribution in [0.4, 0.5) is 5.69 Å². The van der Waals surface area contributed by atoms with E-state index in [1.807, 2.05) is 43.3 Å². The number of hydrogen-bond donors (Lipinski definition) is 2. The van der Waals surface area contributed by atoms with Gasteiger partial charge in [-0.2, -0.15) is 0 Å². The first-order valence-corrected chi connectivity index (χ1v) is 6.03. The minimum Gasteiger partial charge on any atom is -0.399 e. The van der Waals surface area contributed by atoms with Crippen LogP contribution in [0.5, 0.6) is 0 Å². The summed E-state index contributed by atoms with van der Waals surface area (Å²) in [7, 11) is 0. The van der Waals surface area contributed by atoms with Gasteiger partial charge in [-0.05, 0) is 36.8 Å². The molecular weight excluding hydrogens is 246 g/mol. The van der Waals surface area contributed by atoms with Crippen molar-refractivity contribution in [3.8, 4) is 11.4 Å². The number of halogens is 1. The largest absolute Gasteiger partial charge is 0.399 e. The van der Waals surface area contributed by atoms with Gasteiger partial charge in [0.05, 0.1) is 10.5 Å². The number of nitrogen functional groups attached to an aromatic ring is 1. The Balaban J connectivity index is 2.22. The van der Waals surface area contributed by atoms with Crippen LogP contribution in [0.3, 0.4) is 0 Å². The summed E-state index contributed by atoms with van der Waals surface area (Å²) >= 11 is 6.19. The molecule has 0 spiro atoms. The van der Waals surface area contributed by atoms with Crippen molar-refractivity contribution in [2.45, 2.75) is 6.92 Å². The van der Waals surface area contributed by atoms with Crippen LogP contribution in [0.1, 0.15) is 5.56 Å². The lowest BCUT2D eigenvalue weighted by atomic mass is 10.2. The number of aromatic amines is 1. The van der Waals surface area contributed by atoms with Crippen LogP contribution in [-0.2, 0) is 0 Å². The lowest BCUT2D eigenvalue weighted by Crippen LogP contribution is -1.86. The number of hydrogen-bond acceptors (Lipinski definition) is 2. The Bertz CT molecular complexity index is 731. The van der Waals surface area contributed by atoms with Crippen LogP contribution in [0, 0.1) is 6.92 Å². The number of nitrogens with zero attached hydrogens (tertiary/aromatic N) is 1. The molecule has 3 nitrogen and oxygen atoms in total. The Labute approximate surface area is 110 Å². The third-order valence-electron chi connectivity index (χ3n) is 2.84. The molecule has 0 radical (unpaired) electrons. The van der Waals surface area contributed by atoms with Gasteiger partial charge in [0, 0.05) is 11.3 Å². The molecule has 0 atom stereocenters. The molecule has 0 saturated carbocycles. The summed E-state index contributed by atoms with van der Waals surface area (Å²) in [5.41, 5.74) is 10.3. The van der Waals surface area contributed by atoms with Crippen molar-refractivity contribution in [1.82, 2.24) is 9.97 Å². The lowest BCUT2D eigenvalue weighted by molar-refractivity contribution is 1.34. The third kappa shape index (κ3) is 1.83. The number of imidazole rings is 1. The van der Waals surface area contributed by atoms with Gasteiger partial charge in [0.1, 0.15) is 11.3 Å². The molecule has 3 rings (SSSR count). The maximum atomic E-state index is 6.19. The first kappa shape index (κ1) is 11.1. The number of nitrogens with two attached hydrogens (primary N) is 1. The van der Waals surface area contributed by atoms with E-state index in [0.717, 1.165) is 33.7 Å². The summed E-state index contributed by atoms with van der Waals surface area (Å²) in [6.45, 7) is 2.01. The summed E-state index contributed by atoms with van der Waals surface area (Å²) in [4.78, 5) is 7.79. The maximum absolute atomic E-state index is 6.19. The molecule has 3 aromatic rings. The van der Waals surface area contributed by atoms with E-state index in [0.29, 0.717) is 5.02 Å². The highest BCUT2D eigenvalue weighted by Gasteiger charge is 2.08. The van der Waals surface area contributed by atoms with Crippen LogP contribution in [-0.4, -0.2) is 9.97 Å². The van der Waals surface area contributed by atoms with Crippen molar-refractivity contribution in [3.63, 3.8) is 0 Å². The van der Waals surface area contributed by atoms with E-state index in [2.05, 4.69) is 9.97 Å². The molecule has 0 saturated heterocycles. The Morgan fingerprint density at radius 2 is 2.06 bits per heavy atom. The molecule has 0 bridgehead atoms. The van der Waals surface area contributed by atoms with Crippen LogP contribution in [0.2, 0.25) is 5.02 Å². The summed E-state index contributed by atoms with van der Waals surface area (Å²) in [5.74, 6) is 0.782. The molecule has 0 fully saturated rings. The summed E-state index contributed by atoms with van der Waals surface area (Å²) in [5, 5.41) is 0.663. The molecular formula is C14H12ClN3. The first-order chi connectivity index (χ1) is 8.63. The van der Waals surface area contributed by atoms with E-state index in [-0.39, 0.29) is 0 Å². The number of H-pyrrole nitrogens is 1. The van der Waals surface area contributed by atoms with E-state index < -0.39 is 0 Å². The van der Waals surface area contributed by atoms with Gasteiger partial charge < -0.3 is 10.7 Å². The number of anilines is 1. The second kappa shape index (κ2) is 4.03. The zero-order chi connectivity index (χ0) is 12.7. The number of fused-ring (bicyclic) bond motifs is 1. The maximum Gasteiger partial charge on any atom is 0.138 e. The Morgan fingerprint density at radius 3 is 2.83 bits per heavy atom. The number of benzene rings is 2. The zero-order valence-electron chi connectivity index (χ0n) is 9.87. The average Bonchev–Trinajstić information content (AvgIpc) is 2.73. The van der Waals surface area contributed by atoms with E-state index >= 15 is 0 Å². The molecule has 3 N–H and O–H groups in total. The van der Waals surface area contributed by atoms with Crippen LogP contribution in [0.15, 0.2) is 36.4 Å². The van der Waals surface area contributed by atoms with Crippen molar-refractivity contribution in [3.05, 3.63) is 47.0 Å². The molecule has 0 unspecified atom stereocenters. The summed E-state index contributed by atoms with van der Waals surface area (Å²) in [6.07, 6.45) is 0. The predicted octanol–water partition coefficient (Wildman–Crippen LogP) is 3.77. The normalized spacial score (nSPS) is 11.0. The van der Waals surface area contributed by atoms with Crippen LogP contribution in [0.25, 0.3) is 22.4 Å². The molecule has 1 aromatic heterocycles. The fourth-order valence-electron chi connectivity index (χ4n) is 2.03. The number of aryl methyl sites for hydroxylation is 1. The van der Waals surface area contributed by atoms with Crippen molar-refractivity contribution < 1.29 is 0 Å². The molecule has 18 heavy (non-hydrogen) atoms. The minimum atomic E-state index is 0.663. The highest BCUT2D eigenvalue weighted by molar-refractivity contribution is 6.35. The Kier molecular flexibility index (Phi) is 2.49. The van der Waals surface area contributed by atoms with E-state index in [1.54, 1.807) is 0 Å². The Hall–Kier alpha value is -2.00. The fourth-order valence-corrected chi connectivity index (χ4v) is 2.35. The highest BCUT2D eigenvalue weighted by Crippen LogP contribution is 2.27. The topological polar surface area (TPSA) is 54.7 Å². The summed E-state index contributed by atoms with van der Waals surface area (Å²) < 4.78 is 0. The number of rotatable bonds is 1. The zero-order valence-corrected chi connectivity index (χ0v) is 10.6.